The highest BCUT2D eigenvalue weighted by Gasteiger charge is 2.31. The highest BCUT2D eigenvalue weighted by molar-refractivity contribution is 5.39. The van der Waals surface area contributed by atoms with Crippen LogP contribution >= 0.6 is 0 Å². The molecule has 4 heteroatoms. The molecule has 0 unspecified atom stereocenters. The summed E-state index contributed by atoms with van der Waals surface area (Å²) in [5.74, 6) is 3.79. The lowest BCUT2D eigenvalue weighted by Gasteiger charge is -2.04. The fraction of sp³-hybridized carbons (Fsp3) is 0.300. The highest BCUT2D eigenvalue weighted by atomic mass is 16.5. The Morgan fingerprint density at radius 1 is 0.917 bits per heavy atom. The normalized spacial score (nSPS) is 17.0. The summed E-state index contributed by atoms with van der Waals surface area (Å²) >= 11 is 0. The SMILES string of the molecule is c1ccc(Oc2cn(-c3ccc(C4CC4)cn3)nc2C2CC2)cc1. The van der Waals surface area contributed by atoms with Gasteiger partial charge in [0.1, 0.15) is 11.4 Å². The van der Waals surface area contributed by atoms with Crippen LogP contribution in [0.25, 0.3) is 5.82 Å². The number of aromatic nitrogens is 3. The van der Waals surface area contributed by atoms with Crippen LogP contribution in [-0.4, -0.2) is 14.8 Å². The van der Waals surface area contributed by atoms with Gasteiger partial charge in [-0.1, -0.05) is 24.3 Å². The van der Waals surface area contributed by atoms with Crippen molar-refractivity contribution in [1.82, 2.24) is 14.8 Å². The number of pyridine rings is 1. The zero-order valence-electron chi connectivity index (χ0n) is 13.4. The van der Waals surface area contributed by atoms with Gasteiger partial charge in [0.25, 0.3) is 0 Å². The van der Waals surface area contributed by atoms with Gasteiger partial charge in [-0.15, -0.1) is 0 Å². The van der Waals surface area contributed by atoms with Crippen molar-refractivity contribution in [3.63, 3.8) is 0 Å². The zero-order valence-corrected chi connectivity index (χ0v) is 13.4. The molecule has 24 heavy (non-hydrogen) atoms. The average Bonchev–Trinajstić information content (AvgIpc) is 3.54. The predicted molar refractivity (Wildman–Crippen MR) is 91.8 cm³/mol. The molecule has 2 heterocycles. The number of hydrogen-bond acceptors (Lipinski definition) is 3. The van der Waals surface area contributed by atoms with Crippen LogP contribution in [0.2, 0.25) is 0 Å². The van der Waals surface area contributed by atoms with Crippen molar-refractivity contribution in [2.75, 3.05) is 0 Å². The third-order valence-electron chi connectivity index (χ3n) is 4.70. The number of ether oxygens (including phenoxy) is 1. The first kappa shape index (κ1) is 13.8. The fourth-order valence-corrected chi connectivity index (χ4v) is 3.01. The average molecular weight is 317 g/mol. The molecule has 2 fully saturated rings. The summed E-state index contributed by atoms with van der Waals surface area (Å²) in [4.78, 5) is 4.60. The Hall–Kier alpha value is -2.62. The van der Waals surface area contributed by atoms with Gasteiger partial charge in [0, 0.05) is 12.1 Å². The Labute approximate surface area is 141 Å². The molecule has 2 aromatic heterocycles. The molecule has 0 atom stereocenters. The van der Waals surface area contributed by atoms with E-state index in [1.54, 1.807) is 0 Å². The predicted octanol–water partition coefficient (Wildman–Crippen LogP) is 4.81. The van der Waals surface area contributed by atoms with E-state index in [0.29, 0.717) is 5.92 Å². The van der Waals surface area contributed by atoms with Crippen LogP contribution in [0.1, 0.15) is 48.8 Å². The van der Waals surface area contributed by atoms with E-state index in [1.807, 2.05) is 47.4 Å². The molecule has 0 bridgehead atoms. The van der Waals surface area contributed by atoms with Crippen LogP contribution < -0.4 is 4.74 Å². The molecule has 120 valence electrons. The van der Waals surface area contributed by atoms with Gasteiger partial charge in [-0.05, 0) is 55.4 Å². The molecule has 0 amide bonds. The van der Waals surface area contributed by atoms with Crippen LogP contribution in [0, 0.1) is 0 Å². The highest BCUT2D eigenvalue weighted by Crippen LogP contribution is 2.44. The summed E-state index contributed by atoms with van der Waals surface area (Å²) in [5, 5.41) is 4.76. The Morgan fingerprint density at radius 3 is 2.38 bits per heavy atom. The number of nitrogens with zero attached hydrogens (tertiary/aromatic N) is 3. The van der Waals surface area contributed by atoms with E-state index in [0.717, 1.165) is 28.9 Å². The van der Waals surface area contributed by atoms with Gasteiger partial charge in [-0.3, -0.25) is 0 Å². The van der Waals surface area contributed by atoms with Gasteiger partial charge < -0.3 is 4.74 Å². The van der Waals surface area contributed by atoms with E-state index in [1.165, 1.54) is 31.2 Å². The minimum atomic E-state index is 0.524. The minimum absolute atomic E-state index is 0.524. The summed E-state index contributed by atoms with van der Waals surface area (Å²) in [6.45, 7) is 0. The summed E-state index contributed by atoms with van der Waals surface area (Å²) in [5.41, 5.74) is 2.39. The topological polar surface area (TPSA) is 39.9 Å². The molecule has 0 saturated heterocycles. The molecular weight excluding hydrogens is 298 g/mol. The molecule has 2 saturated carbocycles. The molecule has 1 aromatic carbocycles. The first-order chi connectivity index (χ1) is 11.9. The van der Waals surface area contributed by atoms with Crippen LogP contribution in [0.5, 0.6) is 11.5 Å². The largest absolute Gasteiger partial charge is 0.454 e. The van der Waals surface area contributed by atoms with Crippen molar-refractivity contribution >= 4 is 0 Å². The number of benzene rings is 1. The molecule has 0 spiro atoms. The molecule has 4 nitrogen and oxygen atoms in total. The molecule has 2 aliphatic carbocycles. The van der Waals surface area contributed by atoms with Gasteiger partial charge in [0.15, 0.2) is 11.6 Å². The quantitative estimate of drug-likeness (QED) is 0.677. The summed E-state index contributed by atoms with van der Waals surface area (Å²) in [6.07, 6.45) is 8.92. The molecular formula is C20H19N3O. The van der Waals surface area contributed by atoms with Crippen LogP contribution in [0.3, 0.4) is 0 Å². The first-order valence-corrected chi connectivity index (χ1v) is 8.65. The monoisotopic (exact) mass is 317 g/mol. The second kappa shape index (κ2) is 5.48. The van der Waals surface area contributed by atoms with Crippen molar-refractivity contribution < 1.29 is 4.74 Å². The first-order valence-electron chi connectivity index (χ1n) is 8.65. The molecule has 5 rings (SSSR count). The lowest BCUT2D eigenvalue weighted by molar-refractivity contribution is 0.476. The second-order valence-corrected chi connectivity index (χ2v) is 6.74. The van der Waals surface area contributed by atoms with E-state index < -0.39 is 0 Å². The van der Waals surface area contributed by atoms with E-state index in [4.69, 9.17) is 9.84 Å². The van der Waals surface area contributed by atoms with Gasteiger partial charge in [0.05, 0.1) is 6.20 Å². The smallest absolute Gasteiger partial charge is 0.169 e. The number of hydrogen-bond donors (Lipinski definition) is 0. The van der Waals surface area contributed by atoms with Crippen molar-refractivity contribution in [3.8, 4) is 17.3 Å². The second-order valence-electron chi connectivity index (χ2n) is 6.74. The Balaban J connectivity index is 1.46. The lowest BCUT2D eigenvalue weighted by Crippen LogP contribution is -1.99. The van der Waals surface area contributed by atoms with Gasteiger partial charge in [-0.2, -0.15) is 5.10 Å². The Bertz CT molecular complexity index is 846. The van der Waals surface area contributed by atoms with Crippen molar-refractivity contribution in [2.45, 2.75) is 37.5 Å². The maximum absolute atomic E-state index is 6.07. The summed E-state index contributed by atoms with van der Waals surface area (Å²) < 4.78 is 7.92. The van der Waals surface area contributed by atoms with Crippen LogP contribution in [0.4, 0.5) is 0 Å². The van der Waals surface area contributed by atoms with E-state index in [-0.39, 0.29) is 0 Å². The Morgan fingerprint density at radius 2 is 1.71 bits per heavy atom. The third kappa shape index (κ3) is 2.68. The van der Waals surface area contributed by atoms with E-state index in [2.05, 4.69) is 17.1 Å². The molecule has 2 aliphatic rings. The van der Waals surface area contributed by atoms with Crippen LogP contribution in [-0.2, 0) is 0 Å². The maximum atomic E-state index is 6.07. The fourth-order valence-electron chi connectivity index (χ4n) is 3.01. The maximum Gasteiger partial charge on any atom is 0.169 e. The molecule has 0 N–H and O–H groups in total. The van der Waals surface area contributed by atoms with Crippen molar-refractivity contribution in [3.05, 3.63) is 66.1 Å². The standard InChI is InChI=1S/C20H19N3O/c1-2-4-17(5-3-1)24-18-13-23(22-20(18)15-8-9-15)19-11-10-16(12-21-19)14-6-7-14/h1-5,10-15H,6-9H2. The van der Waals surface area contributed by atoms with Crippen LogP contribution in [0.15, 0.2) is 54.9 Å². The number of rotatable bonds is 5. The summed E-state index contributed by atoms with van der Waals surface area (Å²) in [6, 6.07) is 14.1. The van der Waals surface area contributed by atoms with Crippen molar-refractivity contribution in [1.29, 1.82) is 0 Å². The summed E-state index contributed by atoms with van der Waals surface area (Å²) in [7, 11) is 0. The minimum Gasteiger partial charge on any atom is -0.454 e. The van der Waals surface area contributed by atoms with Gasteiger partial charge in [0.2, 0.25) is 0 Å². The van der Waals surface area contributed by atoms with Gasteiger partial charge >= 0.3 is 0 Å². The lowest BCUT2D eigenvalue weighted by atomic mass is 10.2. The van der Waals surface area contributed by atoms with Crippen molar-refractivity contribution in [2.24, 2.45) is 0 Å². The van der Waals surface area contributed by atoms with E-state index >= 15 is 0 Å². The van der Waals surface area contributed by atoms with E-state index in [9.17, 15) is 0 Å². The van der Waals surface area contributed by atoms with Gasteiger partial charge in [-0.25, -0.2) is 9.67 Å². The molecule has 0 radical (unpaired) electrons. The third-order valence-corrected chi connectivity index (χ3v) is 4.70. The Kier molecular flexibility index (Phi) is 3.15. The zero-order chi connectivity index (χ0) is 15.9. The molecule has 3 aromatic rings. The number of para-hydroxylation sites is 1. The molecule has 0 aliphatic heterocycles.